The molecule has 1 saturated carbocycles. The number of carbonyl (C=O) groups is 3. The third-order valence-corrected chi connectivity index (χ3v) is 8.33. The number of halogens is 6. The third kappa shape index (κ3) is 6.61. The number of hydrogen-bond acceptors (Lipinski definition) is 7. The molecule has 1 aromatic rings. The molecule has 2 unspecified atom stereocenters. The molecule has 15 heteroatoms. The molecule has 0 bridgehead atoms. The summed E-state index contributed by atoms with van der Waals surface area (Å²) in [5, 5.41) is 2.92. The second-order valence-electron chi connectivity index (χ2n) is 11.7. The van der Waals surface area contributed by atoms with Crippen LogP contribution in [0.5, 0.6) is 0 Å². The number of fused-ring (bicyclic) bond motifs is 1. The van der Waals surface area contributed by atoms with Gasteiger partial charge in [-0.05, 0) is 61.8 Å². The Bertz CT molecular complexity index is 1190. The smallest absolute Gasteiger partial charge is 0.416 e. The van der Waals surface area contributed by atoms with Crippen LogP contribution in [0.2, 0.25) is 0 Å². The standard InChI is InChI=1S/C27H33F6N3O6/c1-14(2)21(34)22(38)41-13-42-23(39)36-11-24(5-4-20(37)35-24)9-19-10-25(19,36)12-40-15(3)16-6-17(26(28,29)30)8-18(7-16)27(31,32)33/h6-8,14-15,19,21H,4-5,9-13,34H2,1-3H3,(H,35,37)/t15-,19?,21?,24-,25+/m1/s1. The van der Waals surface area contributed by atoms with E-state index >= 15 is 0 Å². The van der Waals surface area contributed by atoms with E-state index in [4.69, 9.17) is 19.9 Å². The Morgan fingerprint density at radius 1 is 1.05 bits per heavy atom. The van der Waals surface area contributed by atoms with Gasteiger partial charge in [0.2, 0.25) is 12.7 Å². The van der Waals surface area contributed by atoms with Crippen molar-refractivity contribution in [1.29, 1.82) is 0 Å². The Morgan fingerprint density at radius 3 is 2.19 bits per heavy atom. The van der Waals surface area contributed by atoms with Crippen molar-refractivity contribution in [1.82, 2.24) is 10.2 Å². The molecule has 3 fully saturated rings. The van der Waals surface area contributed by atoms with E-state index in [1.54, 1.807) is 13.8 Å². The summed E-state index contributed by atoms with van der Waals surface area (Å²) in [6, 6.07) is 0.321. The van der Waals surface area contributed by atoms with Crippen molar-refractivity contribution in [2.75, 3.05) is 19.9 Å². The summed E-state index contributed by atoms with van der Waals surface area (Å²) in [7, 11) is 0. The van der Waals surface area contributed by atoms with Gasteiger partial charge in [0.25, 0.3) is 0 Å². The minimum atomic E-state index is -5.01. The van der Waals surface area contributed by atoms with Gasteiger partial charge in [0.15, 0.2) is 0 Å². The highest BCUT2D eigenvalue weighted by molar-refractivity contribution is 5.80. The van der Waals surface area contributed by atoms with Crippen LogP contribution < -0.4 is 11.1 Å². The van der Waals surface area contributed by atoms with Gasteiger partial charge >= 0.3 is 24.4 Å². The molecule has 2 aliphatic heterocycles. The molecule has 4 rings (SSSR count). The Kier molecular flexibility index (Phi) is 8.50. The predicted octanol–water partition coefficient (Wildman–Crippen LogP) is 4.54. The number of benzene rings is 1. The van der Waals surface area contributed by atoms with Crippen molar-refractivity contribution in [2.24, 2.45) is 17.6 Å². The van der Waals surface area contributed by atoms with E-state index in [-0.39, 0.29) is 48.9 Å². The quantitative estimate of drug-likeness (QED) is 0.252. The molecule has 1 spiro atoms. The zero-order valence-electron chi connectivity index (χ0n) is 23.2. The molecule has 2 saturated heterocycles. The summed E-state index contributed by atoms with van der Waals surface area (Å²) in [5.41, 5.74) is 0.795. The number of nitrogens with zero attached hydrogens (tertiary/aromatic N) is 1. The van der Waals surface area contributed by atoms with Crippen LogP contribution in [0.1, 0.15) is 69.2 Å². The third-order valence-electron chi connectivity index (χ3n) is 8.33. The van der Waals surface area contributed by atoms with Crippen LogP contribution in [0, 0.1) is 11.8 Å². The molecular formula is C27H33F6N3O6. The van der Waals surface area contributed by atoms with Crippen LogP contribution in [0.25, 0.3) is 0 Å². The molecule has 5 atom stereocenters. The van der Waals surface area contributed by atoms with E-state index in [0.29, 0.717) is 31.4 Å². The van der Waals surface area contributed by atoms with Gasteiger partial charge in [0.05, 0.1) is 34.9 Å². The maximum atomic E-state index is 13.4. The SMILES string of the molecule is CC(C)C(N)C(=O)OCOC(=O)N1C[C@@]2(CCC(=O)N2)CC2C[C@]21CO[C@H](C)c1cc(C(F)(F)F)cc(C(F)(F)F)c1. The Morgan fingerprint density at radius 2 is 1.67 bits per heavy atom. The summed E-state index contributed by atoms with van der Waals surface area (Å²) >= 11 is 0. The van der Waals surface area contributed by atoms with Crippen molar-refractivity contribution < 1.29 is 54.9 Å². The highest BCUT2D eigenvalue weighted by atomic mass is 19.4. The lowest BCUT2D eigenvalue weighted by molar-refractivity contribution is -0.156. The van der Waals surface area contributed by atoms with E-state index in [1.165, 1.54) is 11.8 Å². The van der Waals surface area contributed by atoms with E-state index in [0.717, 1.165) is 0 Å². The summed E-state index contributed by atoms with van der Waals surface area (Å²) in [4.78, 5) is 38.7. The number of amides is 2. The molecule has 3 aliphatic rings. The lowest BCUT2D eigenvalue weighted by atomic mass is 9.84. The highest BCUT2D eigenvalue weighted by Crippen LogP contribution is 2.58. The number of piperidine rings is 1. The molecule has 3 N–H and O–H groups in total. The van der Waals surface area contributed by atoms with Gasteiger partial charge < -0.3 is 25.3 Å². The lowest BCUT2D eigenvalue weighted by Gasteiger charge is -2.44. The fourth-order valence-corrected chi connectivity index (χ4v) is 5.67. The molecule has 1 aliphatic carbocycles. The zero-order chi connectivity index (χ0) is 31.3. The van der Waals surface area contributed by atoms with Gasteiger partial charge in [-0.15, -0.1) is 0 Å². The summed E-state index contributed by atoms with van der Waals surface area (Å²) in [6.07, 6.45) is -10.5. The highest BCUT2D eigenvalue weighted by Gasteiger charge is 2.67. The van der Waals surface area contributed by atoms with Crippen molar-refractivity contribution >= 4 is 18.0 Å². The van der Waals surface area contributed by atoms with Gasteiger partial charge in [-0.1, -0.05) is 13.8 Å². The molecule has 42 heavy (non-hydrogen) atoms. The van der Waals surface area contributed by atoms with Gasteiger partial charge in [0, 0.05) is 13.0 Å². The minimum absolute atomic E-state index is 0.0348. The van der Waals surface area contributed by atoms with Crippen LogP contribution in [0.4, 0.5) is 31.1 Å². The van der Waals surface area contributed by atoms with Gasteiger partial charge in [-0.25, -0.2) is 4.79 Å². The number of alkyl halides is 6. The number of ether oxygens (including phenoxy) is 3. The fraction of sp³-hybridized carbons (Fsp3) is 0.667. The van der Waals surface area contributed by atoms with E-state index in [9.17, 15) is 40.7 Å². The van der Waals surface area contributed by atoms with Gasteiger partial charge in [-0.2, -0.15) is 26.3 Å². The van der Waals surface area contributed by atoms with Crippen molar-refractivity contribution in [3.05, 3.63) is 34.9 Å². The maximum absolute atomic E-state index is 13.4. The van der Waals surface area contributed by atoms with Crippen LogP contribution in [0.15, 0.2) is 18.2 Å². The first-order valence-corrected chi connectivity index (χ1v) is 13.5. The van der Waals surface area contributed by atoms with E-state index in [2.05, 4.69) is 5.32 Å². The van der Waals surface area contributed by atoms with Gasteiger partial charge in [0.1, 0.15) is 6.04 Å². The first-order valence-electron chi connectivity index (χ1n) is 13.5. The first kappa shape index (κ1) is 31.9. The first-order chi connectivity index (χ1) is 19.4. The van der Waals surface area contributed by atoms with Crippen LogP contribution in [-0.4, -0.2) is 59.9 Å². The zero-order valence-corrected chi connectivity index (χ0v) is 23.2. The van der Waals surface area contributed by atoms with Gasteiger partial charge in [-0.3, -0.25) is 14.5 Å². The van der Waals surface area contributed by atoms with E-state index in [1.807, 2.05) is 0 Å². The second-order valence-corrected chi connectivity index (χ2v) is 11.7. The number of likely N-dealkylation sites (tertiary alicyclic amines) is 1. The molecule has 2 heterocycles. The van der Waals surface area contributed by atoms with Crippen LogP contribution in [-0.2, 0) is 36.2 Å². The predicted molar refractivity (Wildman–Crippen MR) is 133 cm³/mol. The maximum Gasteiger partial charge on any atom is 0.416 e. The molecule has 1 aromatic carbocycles. The largest absolute Gasteiger partial charge is 0.427 e. The number of esters is 1. The van der Waals surface area contributed by atoms with Crippen molar-refractivity contribution in [2.45, 2.75) is 82.0 Å². The fourth-order valence-electron chi connectivity index (χ4n) is 5.67. The topological polar surface area (TPSA) is 120 Å². The van der Waals surface area contributed by atoms with Crippen LogP contribution >= 0.6 is 0 Å². The average Bonchev–Trinajstić information content (AvgIpc) is 3.50. The average molecular weight is 610 g/mol. The number of nitrogens with one attached hydrogen (secondary N) is 1. The molecule has 9 nitrogen and oxygen atoms in total. The Labute approximate surface area is 238 Å². The Hall–Kier alpha value is -3.07. The molecular weight excluding hydrogens is 576 g/mol. The van der Waals surface area contributed by atoms with Crippen molar-refractivity contribution in [3.63, 3.8) is 0 Å². The molecule has 0 aromatic heterocycles. The normalized spacial score (nSPS) is 27.0. The summed E-state index contributed by atoms with van der Waals surface area (Å²) in [5.74, 6) is -1.36. The number of nitrogens with two attached hydrogens (primary N) is 1. The summed E-state index contributed by atoms with van der Waals surface area (Å²) < 4.78 is 96.1. The molecule has 0 radical (unpaired) electrons. The number of hydrogen-bond donors (Lipinski definition) is 2. The van der Waals surface area contributed by atoms with E-state index < -0.39 is 65.6 Å². The summed E-state index contributed by atoms with van der Waals surface area (Å²) in [6.45, 7) is 3.84. The van der Waals surface area contributed by atoms with Crippen LogP contribution in [0.3, 0.4) is 0 Å². The van der Waals surface area contributed by atoms with Crippen molar-refractivity contribution in [3.8, 4) is 0 Å². The molecule has 2 amide bonds. The monoisotopic (exact) mass is 609 g/mol. The number of carbonyl (C=O) groups excluding carboxylic acids is 3. The Balaban J connectivity index is 1.51. The minimum Gasteiger partial charge on any atom is -0.427 e. The lowest BCUT2D eigenvalue weighted by Crippen LogP contribution is -2.61. The second kappa shape index (κ2) is 11.2. The number of rotatable bonds is 8. The molecule has 234 valence electrons.